The number of ether oxygens (including phenoxy) is 2. The molecule has 0 unspecified atom stereocenters. The Morgan fingerprint density at radius 2 is 0.663 bits per heavy atom. The number of nitrogens with zero attached hydrogens (tertiary/aromatic N) is 3. The molecule has 83 heavy (non-hydrogen) atoms. The summed E-state index contributed by atoms with van der Waals surface area (Å²) in [5.74, 6) is 2.45. The Morgan fingerprint density at radius 3 is 1.05 bits per heavy atom. The van der Waals surface area contributed by atoms with E-state index >= 15 is 26.3 Å². The van der Waals surface area contributed by atoms with Gasteiger partial charge in [0.15, 0.2) is 0 Å². The Kier molecular flexibility index (Phi) is 12.8. The van der Waals surface area contributed by atoms with Gasteiger partial charge in [0.05, 0.1) is 50.4 Å². The lowest BCUT2D eigenvalue weighted by Crippen LogP contribution is -2.54. The number of anilines is 3. The van der Waals surface area contributed by atoms with Gasteiger partial charge in [-0.3, -0.25) is 28.8 Å². The summed E-state index contributed by atoms with van der Waals surface area (Å²) in [6.45, 7) is 1.88. The largest absolute Gasteiger partial charge is 0.457 e. The maximum Gasteiger partial charge on any atom is 0.411 e. The molecule has 0 radical (unpaired) electrons. The monoisotopic (exact) mass is 1110 g/mol. The van der Waals surface area contributed by atoms with E-state index in [0.717, 1.165) is 50.1 Å². The molecule has 3 aliphatic rings. The van der Waals surface area contributed by atoms with Crippen LogP contribution in [0.4, 0.5) is 43.4 Å². The molecule has 0 atom stereocenters. The van der Waals surface area contributed by atoms with Crippen LogP contribution < -0.4 is 24.2 Å². The fourth-order valence-corrected chi connectivity index (χ4v) is 10.3. The molecule has 0 saturated carbocycles. The van der Waals surface area contributed by atoms with Crippen molar-refractivity contribution in [1.82, 2.24) is 0 Å². The summed E-state index contributed by atoms with van der Waals surface area (Å²) in [7, 11) is 0. The van der Waals surface area contributed by atoms with Crippen LogP contribution in [0.15, 0.2) is 206 Å². The average molecular weight is 1110 g/mol. The molecule has 0 N–H and O–H groups in total. The molecule has 3 heterocycles. The lowest BCUT2D eigenvalue weighted by Gasteiger charge is -2.38. The van der Waals surface area contributed by atoms with Gasteiger partial charge in [-0.05, 0) is 169 Å². The van der Waals surface area contributed by atoms with Crippen LogP contribution in [0.5, 0.6) is 23.0 Å². The molecular formula is C66H37F6N3O8. The summed E-state index contributed by atoms with van der Waals surface area (Å²) in [6.07, 6.45) is -11.8. The molecule has 9 aromatic carbocycles. The van der Waals surface area contributed by atoms with Crippen molar-refractivity contribution < 1.29 is 64.6 Å². The van der Waals surface area contributed by atoms with Crippen molar-refractivity contribution in [2.45, 2.75) is 24.7 Å². The van der Waals surface area contributed by atoms with Crippen LogP contribution in [0.1, 0.15) is 90.0 Å². The van der Waals surface area contributed by atoms with Crippen LogP contribution in [0.25, 0.3) is 11.1 Å². The van der Waals surface area contributed by atoms with Crippen molar-refractivity contribution in [3.05, 3.63) is 267 Å². The predicted molar refractivity (Wildman–Crippen MR) is 294 cm³/mol. The summed E-state index contributed by atoms with van der Waals surface area (Å²) in [5.41, 5.74) is -1.95. The first-order valence-electron chi connectivity index (χ1n) is 25.4. The number of carbonyl (C=O) groups excluding carboxylic acids is 6. The van der Waals surface area contributed by atoms with Gasteiger partial charge >= 0.3 is 12.4 Å². The number of imide groups is 3. The Morgan fingerprint density at radius 1 is 0.337 bits per heavy atom. The topological polar surface area (TPSA) is 131 Å². The first-order chi connectivity index (χ1) is 39.8. The molecule has 17 heteroatoms. The maximum atomic E-state index is 15.2. The van der Waals surface area contributed by atoms with E-state index in [0.29, 0.717) is 46.6 Å². The van der Waals surface area contributed by atoms with Crippen molar-refractivity contribution >= 4 is 52.5 Å². The summed E-state index contributed by atoms with van der Waals surface area (Å²) in [5, 5.41) is 0. The first kappa shape index (κ1) is 52.8. The third kappa shape index (κ3) is 9.12. The van der Waals surface area contributed by atoms with E-state index in [1.54, 1.807) is 48.5 Å². The Balaban J connectivity index is 0.716. The molecule has 11 nitrogen and oxygen atoms in total. The minimum absolute atomic E-state index is 0.0669. The van der Waals surface area contributed by atoms with E-state index in [9.17, 15) is 28.8 Å². The highest BCUT2D eigenvalue weighted by Crippen LogP contribution is 2.56. The highest BCUT2D eigenvalue weighted by molar-refractivity contribution is 6.36. The molecule has 0 saturated heterocycles. The van der Waals surface area contributed by atoms with Gasteiger partial charge in [0.1, 0.15) is 23.0 Å². The van der Waals surface area contributed by atoms with Crippen molar-refractivity contribution in [3.63, 3.8) is 0 Å². The van der Waals surface area contributed by atoms with Crippen molar-refractivity contribution in [2.24, 2.45) is 0 Å². The van der Waals surface area contributed by atoms with E-state index in [2.05, 4.69) is 11.8 Å². The summed E-state index contributed by atoms with van der Waals surface area (Å²) in [4.78, 5) is 84.0. The number of aryl methyl sites for hydroxylation is 1. The van der Waals surface area contributed by atoms with Crippen LogP contribution in [-0.2, 0) is 5.41 Å². The van der Waals surface area contributed by atoms with E-state index in [4.69, 9.17) is 9.47 Å². The Labute approximate surface area is 468 Å². The minimum Gasteiger partial charge on any atom is -0.457 e. The third-order valence-corrected chi connectivity index (χ3v) is 14.5. The quantitative estimate of drug-likeness (QED) is 0.0752. The highest BCUT2D eigenvalue weighted by Gasteiger charge is 2.72. The van der Waals surface area contributed by atoms with Crippen LogP contribution in [0.3, 0.4) is 0 Å². The zero-order valence-electron chi connectivity index (χ0n) is 43.0. The molecular weight excluding hydrogens is 1080 g/mol. The highest BCUT2D eigenvalue weighted by atomic mass is 19.4. The standard InChI is InChI=1S/C66H37F6N3O8/c1-38-7-18-45(19-8-38)73-59(77)53-33-12-41(36-56(53)62(73)80)42-13-34-54-57(37-42)63(81)75(60(54)78)47-22-30-51(31-23-47)83-49-26-16-44(17-27-49)64(65(67,68)69,66(70,71)72)43-14-24-48(25-15-43)82-50-28-20-46(21-29-50)74-58(76)52-32-11-40(35-55(52)61(74)79)10-9-39-5-3-2-4-6-39/h2-8,11-37H,1H3. The predicted octanol–water partition coefficient (Wildman–Crippen LogP) is 14.5. The van der Waals surface area contributed by atoms with Crippen LogP contribution in [0, 0.1) is 18.8 Å². The molecule has 0 spiro atoms. The Hall–Kier alpha value is -10.9. The number of carbonyl (C=O) groups is 6. The second kappa shape index (κ2) is 20.0. The number of amides is 6. The maximum absolute atomic E-state index is 15.2. The molecule has 406 valence electrons. The molecule has 0 aliphatic carbocycles. The number of benzene rings is 9. The number of alkyl halides is 6. The molecule has 0 bridgehead atoms. The minimum atomic E-state index is -5.91. The molecule has 3 aliphatic heterocycles. The summed E-state index contributed by atoms with van der Waals surface area (Å²) >= 11 is 0. The van der Waals surface area contributed by atoms with Crippen molar-refractivity contribution in [1.29, 1.82) is 0 Å². The summed E-state index contributed by atoms with van der Waals surface area (Å²) in [6, 6.07) is 47.7. The lowest BCUT2D eigenvalue weighted by molar-refractivity contribution is -0.288. The Bertz CT molecular complexity index is 4230. The average Bonchev–Trinajstić information content (AvgIpc) is 3.54. The van der Waals surface area contributed by atoms with Gasteiger partial charge in [-0.25, -0.2) is 14.7 Å². The van der Waals surface area contributed by atoms with E-state index in [1.807, 2.05) is 37.3 Å². The van der Waals surface area contributed by atoms with Gasteiger partial charge < -0.3 is 9.47 Å². The van der Waals surface area contributed by atoms with Gasteiger partial charge in [0.25, 0.3) is 35.4 Å². The molecule has 0 fully saturated rings. The van der Waals surface area contributed by atoms with Gasteiger partial charge in [-0.2, -0.15) is 26.3 Å². The van der Waals surface area contributed by atoms with E-state index in [1.165, 1.54) is 78.9 Å². The number of hydrogen-bond acceptors (Lipinski definition) is 8. The van der Waals surface area contributed by atoms with Crippen LogP contribution in [-0.4, -0.2) is 47.8 Å². The van der Waals surface area contributed by atoms with Crippen molar-refractivity contribution in [2.75, 3.05) is 14.7 Å². The molecule has 9 aromatic rings. The number of halogens is 6. The molecule has 12 rings (SSSR count). The third-order valence-electron chi connectivity index (χ3n) is 14.5. The van der Waals surface area contributed by atoms with Crippen molar-refractivity contribution in [3.8, 4) is 46.0 Å². The van der Waals surface area contributed by atoms with Crippen LogP contribution in [0.2, 0.25) is 0 Å². The number of fused-ring (bicyclic) bond motifs is 3. The second-order valence-corrected chi connectivity index (χ2v) is 19.6. The van der Waals surface area contributed by atoms with E-state index < -0.39 is 64.3 Å². The van der Waals surface area contributed by atoms with Crippen LogP contribution >= 0.6 is 0 Å². The van der Waals surface area contributed by atoms with Gasteiger partial charge in [0.2, 0.25) is 5.41 Å². The summed E-state index contributed by atoms with van der Waals surface area (Å²) < 4.78 is 103. The van der Waals surface area contributed by atoms with Gasteiger partial charge in [-0.1, -0.05) is 84.1 Å². The smallest absolute Gasteiger partial charge is 0.411 e. The fourth-order valence-electron chi connectivity index (χ4n) is 10.3. The zero-order valence-corrected chi connectivity index (χ0v) is 43.0. The fraction of sp³-hybridized carbons (Fsp3) is 0.0606. The number of hydrogen-bond donors (Lipinski definition) is 0. The normalized spacial score (nSPS) is 13.9. The SMILES string of the molecule is Cc1ccc(N2C(=O)c3ccc(-c4ccc5c(c4)C(=O)N(c4ccc(Oc6ccc(C(c7ccc(Oc8ccc(N9C(=O)c%10ccc(C#Cc%11ccccc%11)cc%10C9=O)cc8)cc7)(C(F)(F)F)C(F)(F)F)cc6)cc4)C5=O)cc3C2=O)cc1. The first-order valence-corrected chi connectivity index (χ1v) is 25.4. The second-order valence-electron chi connectivity index (χ2n) is 19.6. The molecule has 0 aromatic heterocycles. The van der Waals surface area contributed by atoms with E-state index in [-0.39, 0.29) is 67.8 Å². The van der Waals surface area contributed by atoms with Gasteiger partial charge in [0, 0.05) is 11.1 Å². The zero-order chi connectivity index (χ0) is 58.1. The molecule has 6 amide bonds. The number of rotatable bonds is 10. The lowest BCUT2D eigenvalue weighted by atomic mass is 9.73. The van der Waals surface area contributed by atoms with Gasteiger partial charge in [-0.15, -0.1) is 0 Å².